The molecule has 1 aliphatic carbocycles. The third-order valence-electron chi connectivity index (χ3n) is 3.55. The number of ether oxygens (including phenoxy) is 2. The number of carboxylic acids is 1. The Balaban J connectivity index is 1.61. The summed E-state index contributed by atoms with van der Waals surface area (Å²) < 4.78 is 10.6. The highest BCUT2D eigenvalue weighted by Crippen LogP contribution is 2.38. The van der Waals surface area contributed by atoms with Crippen LogP contribution in [-0.2, 0) is 11.2 Å². The van der Waals surface area contributed by atoms with E-state index in [1.165, 1.54) is 5.56 Å². The van der Waals surface area contributed by atoms with Crippen LogP contribution in [-0.4, -0.2) is 17.9 Å². The molecule has 0 bridgehead atoms. The van der Waals surface area contributed by atoms with Crippen molar-refractivity contribution in [2.75, 3.05) is 6.79 Å². The lowest BCUT2D eigenvalue weighted by atomic mass is 9.72. The van der Waals surface area contributed by atoms with Gasteiger partial charge in [-0.05, 0) is 42.9 Å². The van der Waals surface area contributed by atoms with Gasteiger partial charge in [-0.2, -0.15) is 0 Å². The van der Waals surface area contributed by atoms with E-state index in [-0.39, 0.29) is 5.92 Å². The molecule has 90 valence electrons. The molecule has 3 rings (SSSR count). The number of aliphatic carboxylic acids is 1. The third kappa shape index (κ3) is 1.95. The molecule has 2 aliphatic rings. The topological polar surface area (TPSA) is 55.8 Å². The van der Waals surface area contributed by atoms with Crippen molar-refractivity contribution >= 4 is 5.97 Å². The molecule has 1 saturated carbocycles. The van der Waals surface area contributed by atoms with E-state index in [1.54, 1.807) is 0 Å². The molecule has 1 N–H and O–H groups in total. The highest BCUT2D eigenvalue weighted by molar-refractivity contribution is 5.71. The van der Waals surface area contributed by atoms with Crippen LogP contribution in [0.25, 0.3) is 0 Å². The Hall–Kier alpha value is -1.71. The van der Waals surface area contributed by atoms with E-state index in [2.05, 4.69) is 0 Å². The first-order valence-electron chi connectivity index (χ1n) is 5.83. The second kappa shape index (κ2) is 3.95. The molecule has 1 aromatic carbocycles. The van der Waals surface area contributed by atoms with Gasteiger partial charge in [-0.25, -0.2) is 0 Å². The Morgan fingerprint density at radius 2 is 2.06 bits per heavy atom. The molecular formula is C13H14O4. The Morgan fingerprint density at radius 3 is 2.82 bits per heavy atom. The number of hydrogen-bond acceptors (Lipinski definition) is 3. The van der Waals surface area contributed by atoms with Crippen LogP contribution >= 0.6 is 0 Å². The summed E-state index contributed by atoms with van der Waals surface area (Å²) in [6.45, 7) is 0.295. The fourth-order valence-electron chi connectivity index (χ4n) is 2.51. The molecule has 4 heteroatoms. The molecule has 4 nitrogen and oxygen atoms in total. The molecule has 1 aromatic rings. The molecule has 17 heavy (non-hydrogen) atoms. The minimum atomic E-state index is -0.660. The third-order valence-corrected chi connectivity index (χ3v) is 3.55. The van der Waals surface area contributed by atoms with Crippen LogP contribution < -0.4 is 9.47 Å². The van der Waals surface area contributed by atoms with Crippen LogP contribution in [0.2, 0.25) is 0 Å². The molecule has 1 fully saturated rings. The summed E-state index contributed by atoms with van der Waals surface area (Å²) >= 11 is 0. The van der Waals surface area contributed by atoms with E-state index < -0.39 is 5.97 Å². The highest BCUT2D eigenvalue weighted by atomic mass is 16.7. The normalized spacial score (nSPS) is 25.4. The van der Waals surface area contributed by atoms with Gasteiger partial charge in [0, 0.05) is 0 Å². The van der Waals surface area contributed by atoms with Gasteiger partial charge in [0.15, 0.2) is 11.5 Å². The van der Waals surface area contributed by atoms with E-state index in [4.69, 9.17) is 14.6 Å². The summed E-state index contributed by atoms with van der Waals surface area (Å²) in [5.74, 6) is 1.31. The molecule has 0 spiro atoms. The first-order chi connectivity index (χ1) is 8.22. The SMILES string of the molecule is O=C(O)C1CC(Cc2ccc3c(c2)OCO3)C1. The Morgan fingerprint density at radius 1 is 1.29 bits per heavy atom. The largest absolute Gasteiger partial charge is 0.481 e. The van der Waals surface area contributed by atoms with Crippen molar-refractivity contribution in [1.82, 2.24) is 0 Å². The zero-order chi connectivity index (χ0) is 11.8. The highest BCUT2D eigenvalue weighted by Gasteiger charge is 2.34. The summed E-state index contributed by atoms with van der Waals surface area (Å²) in [5, 5.41) is 8.81. The van der Waals surface area contributed by atoms with E-state index in [0.29, 0.717) is 12.7 Å². The Labute approximate surface area is 99.2 Å². The standard InChI is InChI=1S/C13H14O4/c14-13(15)10-4-9(5-10)3-8-1-2-11-12(6-8)17-7-16-11/h1-2,6,9-10H,3-5,7H2,(H,14,15). The Bertz CT molecular complexity index is 449. The summed E-state index contributed by atoms with van der Waals surface area (Å²) in [6.07, 6.45) is 2.52. The van der Waals surface area contributed by atoms with Crippen LogP contribution in [0.1, 0.15) is 18.4 Å². The van der Waals surface area contributed by atoms with Crippen LogP contribution in [0.15, 0.2) is 18.2 Å². The van der Waals surface area contributed by atoms with Crippen LogP contribution in [0.3, 0.4) is 0 Å². The minimum Gasteiger partial charge on any atom is -0.481 e. The molecule has 0 amide bonds. The van der Waals surface area contributed by atoms with Crippen molar-refractivity contribution in [2.24, 2.45) is 11.8 Å². The summed E-state index contributed by atoms with van der Waals surface area (Å²) in [7, 11) is 0. The van der Waals surface area contributed by atoms with Gasteiger partial charge in [0.05, 0.1) is 5.92 Å². The zero-order valence-electron chi connectivity index (χ0n) is 9.39. The zero-order valence-corrected chi connectivity index (χ0v) is 9.39. The van der Waals surface area contributed by atoms with E-state index in [1.807, 2.05) is 18.2 Å². The minimum absolute atomic E-state index is 0.131. The molecule has 0 atom stereocenters. The fraction of sp³-hybridized carbons (Fsp3) is 0.462. The first-order valence-corrected chi connectivity index (χ1v) is 5.83. The quantitative estimate of drug-likeness (QED) is 0.869. The van der Waals surface area contributed by atoms with Gasteiger partial charge in [0.25, 0.3) is 0 Å². The smallest absolute Gasteiger partial charge is 0.306 e. The maximum atomic E-state index is 10.7. The molecule has 0 saturated heterocycles. The molecule has 1 heterocycles. The van der Waals surface area contributed by atoms with Crippen molar-refractivity contribution in [3.63, 3.8) is 0 Å². The number of hydrogen-bond donors (Lipinski definition) is 1. The van der Waals surface area contributed by atoms with Crippen molar-refractivity contribution in [3.05, 3.63) is 23.8 Å². The second-order valence-electron chi connectivity index (χ2n) is 4.76. The maximum Gasteiger partial charge on any atom is 0.306 e. The number of rotatable bonds is 3. The predicted molar refractivity (Wildman–Crippen MR) is 60.1 cm³/mol. The summed E-state index contributed by atoms with van der Waals surface area (Å²) in [6, 6.07) is 5.95. The predicted octanol–water partition coefficient (Wildman–Crippen LogP) is 2.07. The molecule has 0 aromatic heterocycles. The van der Waals surface area contributed by atoms with E-state index in [0.717, 1.165) is 30.8 Å². The van der Waals surface area contributed by atoms with E-state index >= 15 is 0 Å². The molecule has 1 aliphatic heterocycles. The van der Waals surface area contributed by atoms with Crippen LogP contribution in [0.4, 0.5) is 0 Å². The van der Waals surface area contributed by atoms with Crippen molar-refractivity contribution < 1.29 is 19.4 Å². The number of fused-ring (bicyclic) bond motifs is 1. The van der Waals surface area contributed by atoms with Gasteiger partial charge in [-0.1, -0.05) is 6.07 Å². The number of carboxylic acid groups (broad SMARTS) is 1. The molecule has 0 radical (unpaired) electrons. The van der Waals surface area contributed by atoms with Gasteiger partial charge >= 0.3 is 5.97 Å². The average Bonchev–Trinajstić information content (AvgIpc) is 2.69. The van der Waals surface area contributed by atoms with Gasteiger partial charge in [-0.3, -0.25) is 4.79 Å². The van der Waals surface area contributed by atoms with Crippen molar-refractivity contribution in [1.29, 1.82) is 0 Å². The maximum absolute atomic E-state index is 10.7. The van der Waals surface area contributed by atoms with Gasteiger partial charge in [0.2, 0.25) is 6.79 Å². The summed E-state index contributed by atoms with van der Waals surface area (Å²) in [4.78, 5) is 10.7. The lowest BCUT2D eigenvalue weighted by molar-refractivity contribution is -0.146. The average molecular weight is 234 g/mol. The monoisotopic (exact) mass is 234 g/mol. The van der Waals surface area contributed by atoms with Gasteiger partial charge < -0.3 is 14.6 Å². The first kappa shape index (κ1) is 10.4. The molecule has 0 unspecified atom stereocenters. The van der Waals surface area contributed by atoms with Crippen LogP contribution in [0.5, 0.6) is 11.5 Å². The molecular weight excluding hydrogens is 220 g/mol. The van der Waals surface area contributed by atoms with Gasteiger partial charge in [-0.15, -0.1) is 0 Å². The lowest BCUT2D eigenvalue weighted by Crippen LogP contribution is -2.31. The van der Waals surface area contributed by atoms with Gasteiger partial charge in [0.1, 0.15) is 0 Å². The number of benzene rings is 1. The van der Waals surface area contributed by atoms with Crippen LogP contribution in [0, 0.1) is 11.8 Å². The van der Waals surface area contributed by atoms with Crippen molar-refractivity contribution in [2.45, 2.75) is 19.3 Å². The van der Waals surface area contributed by atoms with Crippen molar-refractivity contribution in [3.8, 4) is 11.5 Å². The second-order valence-corrected chi connectivity index (χ2v) is 4.76. The summed E-state index contributed by atoms with van der Waals surface area (Å²) in [5.41, 5.74) is 1.20. The fourth-order valence-corrected chi connectivity index (χ4v) is 2.51. The number of carbonyl (C=O) groups is 1. The lowest BCUT2D eigenvalue weighted by Gasteiger charge is -2.32. The Kier molecular flexibility index (Phi) is 2.42. The van der Waals surface area contributed by atoms with E-state index in [9.17, 15) is 4.79 Å².